The Morgan fingerprint density at radius 1 is 1.40 bits per heavy atom. The molecule has 1 aromatic carbocycles. The second-order valence-corrected chi connectivity index (χ2v) is 3.72. The first-order chi connectivity index (χ1) is 9.35. The molecule has 0 atom stereocenters. The highest BCUT2D eigenvalue weighted by Gasteiger charge is 2.12. The van der Waals surface area contributed by atoms with Crippen molar-refractivity contribution < 1.29 is 24.9 Å². The summed E-state index contributed by atoms with van der Waals surface area (Å²) in [5.41, 5.74) is 5.13. The van der Waals surface area contributed by atoms with E-state index in [1.54, 1.807) is 6.07 Å². The van der Waals surface area contributed by atoms with Crippen LogP contribution in [0.2, 0.25) is 0 Å². The minimum absolute atomic E-state index is 0.125. The number of nitrogens with zero attached hydrogens (tertiary/aromatic N) is 1. The summed E-state index contributed by atoms with van der Waals surface area (Å²) in [6.45, 7) is -0.624. The predicted molar refractivity (Wildman–Crippen MR) is 68.4 cm³/mol. The number of nitrogen functional groups attached to an aromatic ring is 1. The molecule has 1 aromatic rings. The number of amides is 1. The lowest BCUT2D eigenvalue weighted by atomic mass is 10.1. The summed E-state index contributed by atoms with van der Waals surface area (Å²) in [5, 5.41) is 37.9. The van der Waals surface area contributed by atoms with Crippen LogP contribution in [-0.4, -0.2) is 33.7 Å². The van der Waals surface area contributed by atoms with E-state index in [1.165, 1.54) is 6.07 Å². The minimum Gasteiger partial charge on any atom is -0.504 e. The van der Waals surface area contributed by atoms with Gasteiger partial charge >= 0.3 is 5.97 Å². The molecular formula is C12H11N3O5. The first kappa shape index (κ1) is 14.8. The summed E-state index contributed by atoms with van der Waals surface area (Å²) >= 11 is 0. The van der Waals surface area contributed by atoms with Gasteiger partial charge in [-0.15, -0.1) is 0 Å². The number of aromatic hydroxyl groups is 2. The Bertz CT molecular complexity index is 607. The number of rotatable bonds is 4. The van der Waals surface area contributed by atoms with Gasteiger partial charge in [-0.25, -0.2) is 0 Å². The predicted octanol–water partition coefficient (Wildman–Crippen LogP) is -0.212. The number of carbonyl (C=O) groups excluding carboxylic acids is 1. The van der Waals surface area contributed by atoms with Gasteiger partial charge in [0.05, 0.1) is 5.69 Å². The van der Waals surface area contributed by atoms with E-state index in [0.717, 1.165) is 12.1 Å². The molecule has 0 aliphatic carbocycles. The molecule has 0 aliphatic heterocycles. The smallest absolute Gasteiger partial charge is 0.322 e. The van der Waals surface area contributed by atoms with E-state index < -0.39 is 29.9 Å². The molecular weight excluding hydrogens is 266 g/mol. The maximum atomic E-state index is 11.5. The van der Waals surface area contributed by atoms with Gasteiger partial charge in [-0.3, -0.25) is 9.59 Å². The largest absolute Gasteiger partial charge is 0.504 e. The molecule has 8 heteroatoms. The Morgan fingerprint density at radius 3 is 2.55 bits per heavy atom. The first-order valence-corrected chi connectivity index (χ1v) is 5.28. The summed E-state index contributed by atoms with van der Waals surface area (Å²) in [6, 6.07) is 3.95. The molecule has 1 amide bonds. The van der Waals surface area contributed by atoms with Crippen molar-refractivity contribution in [3.05, 3.63) is 23.3 Å². The molecule has 1 rings (SSSR count). The summed E-state index contributed by atoms with van der Waals surface area (Å²) in [5.74, 6) is -3.13. The highest BCUT2D eigenvalue weighted by molar-refractivity contribution is 6.02. The Morgan fingerprint density at radius 2 is 2.05 bits per heavy atom. The van der Waals surface area contributed by atoms with Crippen molar-refractivity contribution in [1.82, 2.24) is 5.32 Å². The molecule has 20 heavy (non-hydrogen) atoms. The number of phenolic OH excluding ortho intramolecular Hbond substituents is 2. The number of nitrogens with two attached hydrogens (primary N) is 1. The molecule has 0 heterocycles. The Labute approximate surface area is 113 Å². The van der Waals surface area contributed by atoms with Crippen LogP contribution >= 0.6 is 0 Å². The van der Waals surface area contributed by atoms with E-state index in [1.807, 2.05) is 5.32 Å². The van der Waals surface area contributed by atoms with Gasteiger partial charge in [-0.2, -0.15) is 5.26 Å². The quantitative estimate of drug-likeness (QED) is 0.220. The molecule has 8 nitrogen and oxygen atoms in total. The Kier molecular flexibility index (Phi) is 4.53. The highest BCUT2D eigenvalue weighted by Crippen LogP contribution is 2.32. The SMILES string of the molecule is N#C/C(=C\c1cc(N)c(O)c(O)c1)C(=O)NCC(=O)O. The maximum Gasteiger partial charge on any atom is 0.322 e. The first-order valence-electron chi connectivity index (χ1n) is 5.28. The van der Waals surface area contributed by atoms with Crippen molar-refractivity contribution in [3.8, 4) is 17.6 Å². The lowest BCUT2D eigenvalue weighted by Crippen LogP contribution is -2.30. The zero-order chi connectivity index (χ0) is 15.3. The van der Waals surface area contributed by atoms with E-state index in [2.05, 4.69) is 0 Å². The average molecular weight is 277 g/mol. The lowest BCUT2D eigenvalue weighted by Gasteiger charge is -2.04. The third-order valence-corrected chi connectivity index (χ3v) is 2.22. The fourth-order valence-electron chi connectivity index (χ4n) is 1.31. The van der Waals surface area contributed by atoms with Gasteiger partial charge in [0.2, 0.25) is 0 Å². The van der Waals surface area contributed by atoms with Crippen molar-refractivity contribution in [3.63, 3.8) is 0 Å². The van der Waals surface area contributed by atoms with E-state index in [9.17, 15) is 19.8 Å². The number of benzene rings is 1. The van der Waals surface area contributed by atoms with Crippen LogP contribution in [0.3, 0.4) is 0 Å². The van der Waals surface area contributed by atoms with Gasteiger partial charge in [0, 0.05) is 0 Å². The number of nitriles is 1. The fraction of sp³-hybridized carbons (Fsp3) is 0.0833. The van der Waals surface area contributed by atoms with Crippen molar-refractivity contribution in [2.24, 2.45) is 0 Å². The molecule has 0 saturated carbocycles. The average Bonchev–Trinajstić information content (AvgIpc) is 2.39. The van der Waals surface area contributed by atoms with Gasteiger partial charge in [-0.05, 0) is 23.8 Å². The normalized spacial score (nSPS) is 10.7. The Balaban J connectivity index is 3.03. The van der Waals surface area contributed by atoms with Crippen molar-refractivity contribution in [2.75, 3.05) is 12.3 Å². The van der Waals surface area contributed by atoms with E-state index in [4.69, 9.17) is 16.1 Å². The van der Waals surface area contributed by atoms with Gasteiger partial charge in [-0.1, -0.05) is 0 Å². The fourth-order valence-corrected chi connectivity index (χ4v) is 1.31. The molecule has 104 valence electrons. The van der Waals surface area contributed by atoms with Crippen molar-refractivity contribution in [1.29, 1.82) is 5.26 Å². The maximum absolute atomic E-state index is 11.5. The van der Waals surface area contributed by atoms with Crippen molar-refractivity contribution >= 4 is 23.6 Å². The van der Waals surface area contributed by atoms with Crippen molar-refractivity contribution in [2.45, 2.75) is 0 Å². The van der Waals surface area contributed by atoms with Gasteiger partial charge in [0.25, 0.3) is 5.91 Å². The third kappa shape index (κ3) is 3.64. The van der Waals surface area contributed by atoms with Crippen LogP contribution in [0.1, 0.15) is 5.56 Å². The number of anilines is 1. The van der Waals surface area contributed by atoms with Gasteiger partial charge in [0.15, 0.2) is 11.5 Å². The van der Waals surface area contributed by atoms with Crippen LogP contribution in [0.25, 0.3) is 6.08 Å². The lowest BCUT2D eigenvalue weighted by molar-refractivity contribution is -0.137. The molecule has 0 radical (unpaired) electrons. The molecule has 0 unspecified atom stereocenters. The topological polar surface area (TPSA) is 157 Å². The molecule has 0 aromatic heterocycles. The third-order valence-electron chi connectivity index (χ3n) is 2.22. The van der Waals surface area contributed by atoms with Crippen LogP contribution in [0.15, 0.2) is 17.7 Å². The number of phenols is 2. The number of carbonyl (C=O) groups is 2. The van der Waals surface area contributed by atoms with E-state index in [-0.39, 0.29) is 16.8 Å². The van der Waals surface area contributed by atoms with Crippen LogP contribution in [0, 0.1) is 11.3 Å². The number of hydrogen-bond donors (Lipinski definition) is 5. The zero-order valence-corrected chi connectivity index (χ0v) is 10.1. The number of aliphatic carboxylic acids is 1. The van der Waals surface area contributed by atoms with E-state index in [0.29, 0.717) is 0 Å². The molecule has 0 spiro atoms. The number of nitrogens with one attached hydrogen (secondary N) is 1. The summed E-state index contributed by atoms with van der Waals surface area (Å²) in [4.78, 5) is 21.8. The number of carboxylic acids is 1. The van der Waals surface area contributed by atoms with Gasteiger partial charge < -0.3 is 26.4 Å². The molecule has 6 N–H and O–H groups in total. The zero-order valence-electron chi connectivity index (χ0n) is 10.1. The minimum atomic E-state index is -1.25. The summed E-state index contributed by atoms with van der Waals surface area (Å²) in [6.07, 6.45) is 1.10. The second-order valence-electron chi connectivity index (χ2n) is 3.72. The van der Waals surface area contributed by atoms with Crippen LogP contribution in [0.5, 0.6) is 11.5 Å². The number of carboxylic acid groups (broad SMARTS) is 1. The molecule has 0 bridgehead atoms. The summed E-state index contributed by atoms with van der Waals surface area (Å²) < 4.78 is 0. The Hall–Kier alpha value is -3.21. The van der Waals surface area contributed by atoms with Gasteiger partial charge in [0.1, 0.15) is 18.2 Å². The van der Waals surface area contributed by atoms with Crippen LogP contribution in [-0.2, 0) is 9.59 Å². The van der Waals surface area contributed by atoms with Crippen LogP contribution in [0.4, 0.5) is 5.69 Å². The molecule has 0 fully saturated rings. The molecule has 0 saturated heterocycles. The second kappa shape index (κ2) is 6.10. The van der Waals surface area contributed by atoms with E-state index >= 15 is 0 Å². The van der Waals surface area contributed by atoms with Crippen LogP contribution < -0.4 is 11.1 Å². The molecule has 0 aliphatic rings. The highest BCUT2D eigenvalue weighted by atomic mass is 16.4. The summed E-state index contributed by atoms with van der Waals surface area (Å²) in [7, 11) is 0. The standard InChI is InChI=1S/C12H11N3O5/c13-4-7(12(20)15-5-10(17)18)1-6-2-8(14)11(19)9(16)3-6/h1-3,16,19H,5,14H2,(H,15,20)(H,17,18)/b7-1+. The number of hydrogen-bond acceptors (Lipinski definition) is 6. The monoisotopic (exact) mass is 277 g/mol.